The minimum absolute atomic E-state index is 0.00896. The van der Waals surface area contributed by atoms with Crippen LogP contribution in [0.3, 0.4) is 0 Å². The third-order valence-corrected chi connectivity index (χ3v) is 3.78. The molecule has 150 valence electrons. The van der Waals surface area contributed by atoms with Crippen LogP contribution in [-0.2, 0) is 19.1 Å². The van der Waals surface area contributed by atoms with Crippen molar-refractivity contribution in [2.24, 2.45) is 10.2 Å². The molecule has 0 aliphatic heterocycles. The first-order valence-corrected chi connectivity index (χ1v) is 8.45. The van der Waals surface area contributed by atoms with E-state index in [1.165, 1.54) is 39.3 Å². The maximum absolute atomic E-state index is 12.4. The number of hydrogen-bond donors (Lipinski definition) is 1. The van der Waals surface area contributed by atoms with Crippen molar-refractivity contribution in [3.05, 3.63) is 59.7 Å². The highest BCUT2D eigenvalue weighted by atomic mass is 16.5. The van der Waals surface area contributed by atoms with Gasteiger partial charge in [-0.3, -0.25) is 9.59 Å². The van der Waals surface area contributed by atoms with Crippen LogP contribution in [-0.4, -0.2) is 43.9 Å². The zero-order valence-electron chi connectivity index (χ0n) is 16.0. The number of ether oxygens (including phenoxy) is 2. The normalized spacial score (nSPS) is 11.6. The van der Waals surface area contributed by atoms with Crippen LogP contribution in [0.1, 0.15) is 27.6 Å². The van der Waals surface area contributed by atoms with Gasteiger partial charge in [-0.25, -0.2) is 9.59 Å². The Morgan fingerprint density at radius 1 is 0.931 bits per heavy atom. The average molecular weight is 397 g/mol. The van der Waals surface area contributed by atoms with Gasteiger partial charge in [-0.2, -0.15) is 10.2 Å². The molecule has 0 aliphatic carbocycles. The van der Waals surface area contributed by atoms with Gasteiger partial charge in [0.25, 0.3) is 5.91 Å². The van der Waals surface area contributed by atoms with E-state index in [-0.39, 0.29) is 16.8 Å². The summed E-state index contributed by atoms with van der Waals surface area (Å²) in [5.74, 6) is -2.60. The van der Waals surface area contributed by atoms with Crippen LogP contribution in [0.5, 0.6) is 0 Å². The molecule has 0 aromatic heterocycles. The molecule has 0 aliphatic rings. The fourth-order valence-electron chi connectivity index (χ4n) is 2.31. The molecule has 29 heavy (non-hydrogen) atoms. The fraction of sp³-hybridized carbons (Fsp3) is 0.200. The third kappa shape index (κ3) is 5.55. The lowest BCUT2D eigenvalue weighted by Crippen LogP contribution is -2.31. The van der Waals surface area contributed by atoms with Crippen molar-refractivity contribution in [1.29, 1.82) is 0 Å². The molecule has 0 saturated carbocycles. The summed E-state index contributed by atoms with van der Waals surface area (Å²) in [5, 5.41) is 10.2. The van der Waals surface area contributed by atoms with Crippen molar-refractivity contribution in [3.8, 4) is 0 Å². The molecule has 0 spiro atoms. The highest BCUT2D eigenvalue weighted by Gasteiger charge is 2.24. The maximum atomic E-state index is 12.4. The Morgan fingerprint density at radius 2 is 1.59 bits per heavy atom. The Balaban J connectivity index is 2.36. The zero-order valence-corrected chi connectivity index (χ0v) is 16.0. The van der Waals surface area contributed by atoms with Gasteiger partial charge in [0.1, 0.15) is 5.69 Å². The quantitative estimate of drug-likeness (QED) is 0.435. The number of nitrogens with zero attached hydrogens (tertiary/aromatic N) is 2. The first-order chi connectivity index (χ1) is 13.9. The number of rotatable bonds is 7. The topological polar surface area (TPSA) is 123 Å². The predicted molar refractivity (Wildman–Crippen MR) is 103 cm³/mol. The summed E-state index contributed by atoms with van der Waals surface area (Å²) >= 11 is 0. The van der Waals surface area contributed by atoms with Gasteiger partial charge in [-0.15, -0.1) is 0 Å². The monoisotopic (exact) mass is 397 g/mol. The van der Waals surface area contributed by atoms with Crippen LogP contribution >= 0.6 is 0 Å². The second-order valence-corrected chi connectivity index (χ2v) is 5.80. The number of carbonyl (C=O) groups excluding carboxylic acids is 4. The number of methoxy groups -OCH3 is 2. The molecule has 0 fully saturated rings. The number of nitrogens with one attached hydrogen (secondary N) is 1. The molecular weight excluding hydrogens is 378 g/mol. The zero-order chi connectivity index (χ0) is 21.4. The molecule has 1 unspecified atom stereocenters. The first kappa shape index (κ1) is 21.4. The summed E-state index contributed by atoms with van der Waals surface area (Å²) in [4.78, 5) is 48.0. The Morgan fingerprint density at radius 3 is 2.17 bits per heavy atom. The molecule has 2 aromatic rings. The van der Waals surface area contributed by atoms with Crippen LogP contribution in [0.25, 0.3) is 0 Å². The van der Waals surface area contributed by atoms with Crippen LogP contribution < -0.4 is 5.32 Å². The molecule has 0 bridgehead atoms. The lowest BCUT2D eigenvalue weighted by Gasteiger charge is -2.10. The van der Waals surface area contributed by atoms with Gasteiger partial charge in [0.05, 0.1) is 25.3 Å². The Kier molecular flexibility index (Phi) is 7.30. The van der Waals surface area contributed by atoms with Crippen LogP contribution in [0.2, 0.25) is 0 Å². The summed E-state index contributed by atoms with van der Waals surface area (Å²) in [5.41, 5.74) is 0.567. The number of benzene rings is 2. The summed E-state index contributed by atoms with van der Waals surface area (Å²) in [6.07, 6.45) is 0. The number of azo groups is 1. The van der Waals surface area contributed by atoms with E-state index in [9.17, 15) is 19.2 Å². The molecule has 1 atom stereocenters. The lowest BCUT2D eigenvalue weighted by atomic mass is 10.1. The molecule has 1 amide bonds. The number of hydrogen-bond acceptors (Lipinski definition) is 8. The molecule has 0 heterocycles. The van der Waals surface area contributed by atoms with E-state index < -0.39 is 29.7 Å². The third-order valence-electron chi connectivity index (χ3n) is 3.78. The van der Waals surface area contributed by atoms with Gasteiger partial charge in [0, 0.05) is 5.69 Å². The van der Waals surface area contributed by atoms with E-state index >= 15 is 0 Å². The second-order valence-electron chi connectivity index (χ2n) is 5.80. The van der Waals surface area contributed by atoms with Crippen LogP contribution in [0.15, 0.2) is 58.8 Å². The van der Waals surface area contributed by atoms with Crippen LogP contribution in [0.4, 0.5) is 11.4 Å². The van der Waals surface area contributed by atoms with E-state index in [0.717, 1.165) is 0 Å². The number of amides is 1. The Hall–Kier alpha value is -3.88. The van der Waals surface area contributed by atoms with Gasteiger partial charge in [0.15, 0.2) is 5.78 Å². The fourth-order valence-corrected chi connectivity index (χ4v) is 2.31. The maximum Gasteiger partial charge on any atom is 0.340 e. The highest BCUT2D eigenvalue weighted by Crippen LogP contribution is 2.24. The minimum Gasteiger partial charge on any atom is -0.465 e. The minimum atomic E-state index is -1.44. The van der Waals surface area contributed by atoms with E-state index in [1.807, 2.05) is 0 Å². The molecule has 1 N–H and O–H groups in total. The Labute approximate surface area is 166 Å². The van der Waals surface area contributed by atoms with E-state index in [1.54, 1.807) is 30.3 Å². The standard InChI is InChI=1S/C20H19N3O6/c1-12(24)17(18(25)21-14-7-5-4-6-8-14)23-22-16-11-13(19(26)28-2)9-10-15(16)20(27)29-3/h4-11,17H,1-3H3,(H,21,25). The SMILES string of the molecule is COC(=O)c1ccc(C(=O)OC)c(N=NC(C(C)=O)C(=O)Nc2ccccc2)c1. The predicted octanol–water partition coefficient (Wildman–Crippen LogP) is 2.94. The van der Waals surface area contributed by atoms with Gasteiger partial charge in [0.2, 0.25) is 6.04 Å². The van der Waals surface area contributed by atoms with Crippen molar-refractivity contribution < 1.29 is 28.7 Å². The van der Waals surface area contributed by atoms with Gasteiger partial charge in [-0.05, 0) is 37.3 Å². The second kappa shape index (κ2) is 9.88. The van der Waals surface area contributed by atoms with E-state index in [2.05, 4.69) is 25.0 Å². The molecule has 2 aromatic carbocycles. The van der Waals surface area contributed by atoms with Crippen molar-refractivity contribution in [2.45, 2.75) is 13.0 Å². The number of Topliss-reactive ketones (excluding diaryl/α,β-unsaturated/α-hetero) is 1. The lowest BCUT2D eigenvalue weighted by molar-refractivity contribution is -0.126. The van der Waals surface area contributed by atoms with E-state index in [0.29, 0.717) is 5.69 Å². The van der Waals surface area contributed by atoms with Crippen LogP contribution in [0, 0.1) is 0 Å². The number of ketones is 1. The summed E-state index contributed by atoms with van der Waals surface area (Å²) in [6.45, 7) is 1.19. The number of carbonyl (C=O) groups is 4. The molecule has 9 nitrogen and oxygen atoms in total. The number of esters is 2. The van der Waals surface area contributed by atoms with Crippen molar-refractivity contribution >= 4 is 35.0 Å². The number of anilines is 1. The van der Waals surface area contributed by atoms with Gasteiger partial charge in [-0.1, -0.05) is 18.2 Å². The smallest absolute Gasteiger partial charge is 0.340 e. The molecule has 0 radical (unpaired) electrons. The van der Waals surface area contributed by atoms with Gasteiger partial charge < -0.3 is 14.8 Å². The summed E-state index contributed by atoms with van der Waals surface area (Å²) < 4.78 is 9.32. The summed E-state index contributed by atoms with van der Waals surface area (Å²) in [6, 6.07) is 11.0. The van der Waals surface area contributed by atoms with Crippen molar-refractivity contribution in [2.75, 3.05) is 19.5 Å². The molecule has 0 saturated heterocycles. The first-order valence-electron chi connectivity index (χ1n) is 8.45. The largest absolute Gasteiger partial charge is 0.465 e. The van der Waals surface area contributed by atoms with Crippen molar-refractivity contribution in [3.63, 3.8) is 0 Å². The Bertz CT molecular complexity index is 956. The highest BCUT2D eigenvalue weighted by molar-refractivity contribution is 6.10. The molecule has 2 rings (SSSR count). The van der Waals surface area contributed by atoms with Crippen molar-refractivity contribution in [1.82, 2.24) is 0 Å². The summed E-state index contributed by atoms with van der Waals surface area (Å²) in [7, 11) is 2.39. The molecule has 9 heteroatoms. The molecular formula is C20H19N3O6. The number of para-hydroxylation sites is 1. The van der Waals surface area contributed by atoms with E-state index in [4.69, 9.17) is 0 Å². The van der Waals surface area contributed by atoms with Gasteiger partial charge >= 0.3 is 11.9 Å². The average Bonchev–Trinajstić information content (AvgIpc) is 2.73.